The molecule has 2 heterocycles. The van der Waals surface area contributed by atoms with Crippen LogP contribution in [-0.2, 0) is 19.5 Å². The van der Waals surface area contributed by atoms with Crippen LogP contribution in [0.5, 0.6) is 0 Å². The van der Waals surface area contributed by atoms with Gasteiger partial charge in [0.15, 0.2) is 0 Å². The van der Waals surface area contributed by atoms with E-state index in [9.17, 15) is 0 Å². The number of benzene rings is 4. The van der Waals surface area contributed by atoms with Gasteiger partial charge in [0, 0.05) is 37.6 Å². The zero-order chi connectivity index (χ0) is 26.1. The fourth-order valence-electron chi connectivity index (χ4n) is 5.49. The van der Waals surface area contributed by atoms with Crippen LogP contribution >= 0.6 is 0 Å². The monoisotopic (exact) mass is 494 g/mol. The Labute approximate surface area is 223 Å². The number of imidazole rings is 2. The molecule has 6 aromatic rings. The third kappa shape index (κ3) is 3.86. The van der Waals surface area contributed by atoms with Gasteiger partial charge in [0.25, 0.3) is 0 Å². The number of nitrogens with zero attached hydrogens (tertiary/aromatic N) is 4. The minimum Gasteiger partial charge on any atom is -0.334 e. The highest BCUT2D eigenvalue weighted by Crippen LogP contribution is 2.45. The van der Waals surface area contributed by atoms with Crippen molar-refractivity contribution in [2.24, 2.45) is 14.1 Å². The van der Waals surface area contributed by atoms with Crippen LogP contribution in [0.15, 0.2) is 128 Å². The van der Waals surface area contributed by atoms with Crippen molar-refractivity contribution in [1.29, 1.82) is 0 Å². The molecule has 0 aliphatic carbocycles. The average molecular weight is 495 g/mol. The molecule has 0 N–H and O–H groups in total. The van der Waals surface area contributed by atoms with Crippen LogP contribution in [-0.4, -0.2) is 19.1 Å². The SMILES string of the molecule is Cc1ccccc1-c1nc(C(c2ccccc2)(c2ccccc2)c2cn(C)c(-c3ccccc3)n2)cn1C. The van der Waals surface area contributed by atoms with Gasteiger partial charge in [-0.1, -0.05) is 115 Å². The first-order chi connectivity index (χ1) is 18.6. The Morgan fingerprint density at radius 3 is 1.53 bits per heavy atom. The lowest BCUT2D eigenvalue weighted by Gasteiger charge is -2.32. The van der Waals surface area contributed by atoms with Crippen LogP contribution in [0.4, 0.5) is 0 Å². The van der Waals surface area contributed by atoms with Gasteiger partial charge in [-0.25, -0.2) is 9.97 Å². The van der Waals surface area contributed by atoms with Crippen molar-refractivity contribution in [2.75, 3.05) is 0 Å². The molecule has 0 saturated carbocycles. The molecule has 0 atom stereocenters. The van der Waals surface area contributed by atoms with Crippen LogP contribution < -0.4 is 0 Å². The molecule has 186 valence electrons. The molecule has 6 rings (SSSR count). The average Bonchev–Trinajstić information content (AvgIpc) is 3.54. The van der Waals surface area contributed by atoms with E-state index in [1.165, 1.54) is 5.56 Å². The Balaban J connectivity index is 1.68. The number of rotatable bonds is 6. The number of aromatic nitrogens is 4. The Kier molecular flexibility index (Phi) is 6.01. The van der Waals surface area contributed by atoms with Crippen molar-refractivity contribution in [3.05, 3.63) is 156 Å². The van der Waals surface area contributed by atoms with E-state index in [0.717, 1.165) is 45.3 Å². The third-order valence-corrected chi connectivity index (χ3v) is 7.35. The summed E-state index contributed by atoms with van der Waals surface area (Å²) >= 11 is 0. The molecular formula is C34H30N4. The summed E-state index contributed by atoms with van der Waals surface area (Å²) in [7, 11) is 4.14. The van der Waals surface area contributed by atoms with Gasteiger partial charge in [0.05, 0.1) is 11.4 Å². The highest BCUT2D eigenvalue weighted by Gasteiger charge is 2.43. The molecule has 4 aromatic carbocycles. The molecule has 4 heteroatoms. The fourth-order valence-corrected chi connectivity index (χ4v) is 5.49. The quantitative estimate of drug-likeness (QED) is 0.246. The molecule has 38 heavy (non-hydrogen) atoms. The Morgan fingerprint density at radius 2 is 0.974 bits per heavy atom. The maximum absolute atomic E-state index is 5.37. The van der Waals surface area contributed by atoms with E-state index in [-0.39, 0.29) is 0 Å². The molecule has 0 spiro atoms. The van der Waals surface area contributed by atoms with E-state index in [1.807, 2.05) is 6.07 Å². The fraction of sp³-hybridized carbons (Fsp3) is 0.118. The summed E-state index contributed by atoms with van der Waals surface area (Å²) in [6, 6.07) is 40.0. The third-order valence-electron chi connectivity index (χ3n) is 7.35. The summed E-state index contributed by atoms with van der Waals surface area (Å²) in [6.07, 6.45) is 4.32. The van der Waals surface area contributed by atoms with Crippen molar-refractivity contribution in [3.63, 3.8) is 0 Å². The maximum Gasteiger partial charge on any atom is 0.140 e. The lowest BCUT2D eigenvalue weighted by molar-refractivity contribution is 0.695. The van der Waals surface area contributed by atoms with E-state index < -0.39 is 5.41 Å². The first-order valence-corrected chi connectivity index (χ1v) is 12.9. The van der Waals surface area contributed by atoms with E-state index in [1.54, 1.807) is 0 Å². The van der Waals surface area contributed by atoms with Gasteiger partial charge in [0.1, 0.15) is 17.1 Å². The van der Waals surface area contributed by atoms with Crippen LogP contribution in [0.25, 0.3) is 22.8 Å². The first-order valence-electron chi connectivity index (χ1n) is 12.9. The Morgan fingerprint density at radius 1 is 0.526 bits per heavy atom. The summed E-state index contributed by atoms with van der Waals surface area (Å²) in [5.74, 6) is 1.86. The van der Waals surface area contributed by atoms with Crippen molar-refractivity contribution < 1.29 is 0 Å². The van der Waals surface area contributed by atoms with Gasteiger partial charge in [-0.05, 0) is 23.6 Å². The van der Waals surface area contributed by atoms with Crippen LogP contribution in [0.3, 0.4) is 0 Å². The summed E-state index contributed by atoms with van der Waals surface area (Å²) in [4.78, 5) is 10.7. The second-order valence-corrected chi connectivity index (χ2v) is 9.78. The largest absolute Gasteiger partial charge is 0.334 e. The normalized spacial score (nSPS) is 11.6. The van der Waals surface area contributed by atoms with E-state index >= 15 is 0 Å². The van der Waals surface area contributed by atoms with Crippen molar-refractivity contribution in [3.8, 4) is 22.8 Å². The molecule has 0 unspecified atom stereocenters. The smallest absolute Gasteiger partial charge is 0.140 e. The Bertz CT molecular complexity index is 1640. The van der Waals surface area contributed by atoms with Crippen molar-refractivity contribution in [1.82, 2.24) is 19.1 Å². The van der Waals surface area contributed by atoms with Crippen molar-refractivity contribution in [2.45, 2.75) is 12.3 Å². The van der Waals surface area contributed by atoms with Gasteiger partial charge in [-0.3, -0.25) is 0 Å². The molecule has 0 bridgehead atoms. The number of hydrogen-bond acceptors (Lipinski definition) is 2. The van der Waals surface area contributed by atoms with Gasteiger partial charge < -0.3 is 9.13 Å². The summed E-state index contributed by atoms with van der Waals surface area (Å²) in [5.41, 5.74) is 6.81. The predicted molar refractivity (Wildman–Crippen MR) is 154 cm³/mol. The second-order valence-electron chi connectivity index (χ2n) is 9.78. The highest BCUT2D eigenvalue weighted by atomic mass is 15.1. The van der Waals surface area contributed by atoms with E-state index in [2.05, 4.69) is 152 Å². The second kappa shape index (κ2) is 9.64. The minimum atomic E-state index is -0.716. The molecule has 0 aliphatic heterocycles. The van der Waals surface area contributed by atoms with Crippen LogP contribution in [0.1, 0.15) is 28.1 Å². The molecule has 2 aromatic heterocycles. The molecule has 4 nitrogen and oxygen atoms in total. The van der Waals surface area contributed by atoms with Crippen LogP contribution in [0.2, 0.25) is 0 Å². The molecule has 0 aliphatic rings. The Hall–Kier alpha value is -4.70. The number of hydrogen-bond donors (Lipinski definition) is 0. The van der Waals surface area contributed by atoms with Gasteiger partial charge in [-0.2, -0.15) is 0 Å². The lowest BCUT2D eigenvalue weighted by Crippen LogP contribution is -2.32. The zero-order valence-electron chi connectivity index (χ0n) is 21.9. The van der Waals surface area contributed by atoms with Gasteiger partial charge >= 0.3 is 0 Å². The highest BCUT2D eigenvalue weighted by molar-refractivity contribution is 5.65. The minimum absolute atomic E-state index is 0.716. The van der Waals surface area contributed by atoms with E-state index in [0.29, 0.717) is 0 Å². The van der Waals surface area contributed by atoms with E-state index in [4.69, 9.17) is 9.97 Å². The van der Waals surface area contributed by atoms with Crippen LogP contribution in [0, 0.1) is 6.92 Å². The summed E-state index contributed by atoms with van der Waals surface area (Å²) in [6.45, 7) is 2.14. The van der Waals surface area contributed by atoms with Crippen molar-refractivity contribution >= 4 is 0 Å². The molecular weight excluding hydrogens is 464 g/mol. The summed E-state index contributed by atoms with van der Waals surface area (Å²) in [5, 5.41) is 0. The standard InChI is InChI=1S/C34H30N4/c1-25-15-13-14-22-29(25)33-36-31(24-38(33)3)34(27-18-9-5-10-19-27,28-20-11-6-12-21-28)30-23-37(2)32(35-30)26-16-7-4-8-17-26/h4-24H,1-3H3. The maximum atomic E-state index is 5.37. The van der Waals surface area contributed by atoms with Gasteiger partial charge in [0.2, 0.25) is 0 Å². The molecule has 0 fully saturated rings. The summed E-state index contributed by atoms with van der Waals surface area (Å²) < 4.78 is 4.26. The molecule has 0 radical (unpaired) electrons. The number of aryl methyl sites for hydroxylation is 3. The topological polar surface area (TPSA) is 35.6 Å². The van der Waals surface area contributed by atoms with Gasteiger partial charge in [-0.15, -0.1) is 0 Å². The predicted octanol–water partition coefficient (Wildman–Crippen LogP) is 7.18. The molecule has 0 amide bonds. The molecule has 0 saturated heterocycles. The lowest BCUT2D eigenvalue weighted by atomic mass is 9.70. The first kappa shape index (κ1) is 23.7. The zero-order valence-corrected chi connectivity index (χ0v) is 21.9.